The maximum atomic E-state index is 11.9. The first kappa shape index (κ1) is 14.6. The van der Waals surface area contributed by atoms with Crippen molar-refractivity contribution in [2.75, 3.05) is 11.1 Å². The van der Waals surface area contributed by atoms with Crippen molar-refractivity contribution in [1.82, 2.24) is 0 Å². The lowest BCUT2D eigenvalue weighted by atomic mass is 10.1. The van der Waals surface area contributed by atoms with Gasteiger partial charge in [-0.1, -0.05) is 12.1 Å². The minimum atomic E-state index is -0.0566. The number of nitrogen functional groups attached to an aromatic ring is 1. The van der Waals surface area contributed by atoms with Gasteiger partial charge in [-0.15, -0.1) is 0 Å². The molecule has 0 bridgehead atoms. The van der Waals surface area contributed by atoms with Crippen molar-refractivity contribution < 1.29 is 4.79 Å². The van der Waals surface area contributed by atoms with Crippen molar-refractivity contribution in [2.24, 2.45) is 0 Å². The van der Waals surface area contributed by atoms with Crippen molar-refractivity contribution in [3.63, 3.8) is 0 Å². The maximum Gasteiger partial charge on any atom is 0.224 e. The summed E-state index contributed by atoms with van der Waals surface area (Å²) in [7, 11) is 0. The van der Waals surface area contributed by atoms with E-state index in [1.54, 1.807) is 24.3 Å². The molecular formula is C17H17N3O. The molecule has 0 radical (unpaired) electrons. The molecule has 0 aromatic heterocycles. The zero-order valence-corrected chi connectivity index (χ0v) is 11.9. The monoisotopic (exact) mass is 279 g/mol. The minimum absolute atomic E-state index is 0.0566. The normalized spacial score (nSPS) is 9.90. The molecule has 0 saturated carbocycles. The molecule has 0 fully saturated rings. The summed E-state index contributed by atoms with van der Waals surface area (Å²) in [5.74, 6) is -0.0566. The Balaban J connectivity index is 1.89. The number of carbonyl (C=O) groups is 1. The molecule has 0 aliphatic heterocycles. The predicted octanol–water partition coefficient (Wildman–Crippen LogP) is 3.02. The van der Waals surface area contributed by atoms with Gasteiger partial charge in [-0.25, -0.2) is 0 Å². The van der Waals surface area contributed by atoms with Gasteiger partial charge in [0.05, 0.1) is 11.6 Å². The maximum absolute atomic E-state index is 11.9. The molecule has 0 atom stereocenters. The summed E-state index contributed by atoms with van der Waals surface area (Å²) in [6, 6.07) is 14.7. The Kier molecular flexibility index (Phi) is 4.57. The van der Waals surface area contributed by atoms with Gasteiger partial charge in [-0.05, 0) is 54.8 Å². The molecule has 4 nitrogen and oxygen atoms in total. The number of anilines is 2. The van der Waals surface area contributed by atoms with E-state index in [4.69, 9.17) is 11.0 Å². The summed E-state index contributed by atoms with van der Waals surface area (Å²) in [5.41, 5.74) is 9.96. The van der Waals surface area contributed by atoms with Crippen LogP contribution in [0.5, 0.6) is 0 Å². The van der Waals surface area contributed by atoms with E-state index in [0.29, 0.717) is 24.1 Å². The van der Waals surface area contributed by atoms with Gasteiger partial charge in [-0.2, -0.15) is 5.26 Å². The molecule has 3 N–H and O–H groups in total. The van der Waals surface area contributed by atoms with Gasteiger partial charge in [0.15, 0.2) is 0 Å². The molecule has 2 rings (SSSR count). The fourth-order valence-electron chi connectivity index (χ4n) is 1.95. The number of benzene rings is 2. The Labute approximate surface area is 124 Å². The first-order valence-electron chi connectivity index (χ1n) is 6.73. The molecular weight excluding hydrogens is 262 g/mol. The van der Waals surface area contributed by atoms with E-state index in [1.165, 1.54) is 0 Å². The highest BCUT2D eigenvalue weighted by atomic mass is 16.1. The van der Waals surface area contributed by atoms with Crippen molar-refractivity contribution >= 4 is 17.3 Å². The number of carbonyl (C=O) groups excluding carboxylic acids is 1. The number of aryl methyl sites for hydroxylation is 2. The SMILES string of the molecule is Cc1ccc(CCC(=O)Nc2ccc(C#N)cc2)cc1N. The predicted molar refractivity (Wildman–Crippen MR) is 83.7 cm³/mol. The average molecular weight is 279 g/mol. The fraction of sp³-hybridized carbons (Fsp3) is 0.176. The topological polar surface area (TPSA) is 78.9 Å². The standard InChI is InChI=1S/C17H17N3O/c1-12-2-3-13(10-16(12)19)6-9-17(21)20-15-7-4-14(11-18)5-8-15/h2-5,7-8,10H,6,9,19H2,1H3,(H,20,21). The number of rotatable bonds is 4. The second-order valence-electron chi connectivity index (χ2n) is 4.93. The zero-order chi connectivity index (χ0) is 15.2. The van der Waals surface area contributed by atoms with Crippen LogP contribution in [0.3, 0.4) is 0 Å². The van der Waals surface area contributed by atoms with E-state index in [2.05, 4.69) is 5.32 Å². The number of nitriles is 1. The Morgan fingerprint density at radius 2 is 1.95 bits per heavy atom. The third kappa shape index (κ3) is 4.08. The van der Waals surface area contributed by atoms with Gasteiger partial charge in [0.1, 0.15) is 0 Å². The van der Waals surface area contributed by atoms with Crippen LogP contribution in [-0.4, -0.2) is 5.91 Å². The summed E-state index contributed by atoms with van der Waals surface area (Å²) in [4.78, 5) is 11.9. The number of nitrogens with zero attached hydrogens (tertiary/aromatic N) is 1. The summed E-state index contributed by atoms with van der Waals surface area (Å²) in [6.45, 7) is 1.96. The highest BCUT2D eigenvalue weighted by Gasteiger charge is 2.04. The lowest BCUT2D eigenvalue weighted by Gasteiger charge is -2.07. The van der Waals surface area contributed by atoms with Crippen molar-refractivity contribution in [2.45, 2.75) is 19.8 Å². The van der Waals surface area contributed by atoms with Gasteiger partial charge in [0, 0.05) is 17.8 Å². The second-order valence-corrected chi connectivity index (χ2v) is 4.93. The van der Waals surface area contributed by atoms with Gasteiger partial charge < -0.3 is 11.1 Å². The first-order valence-corrected chi connectivity index (χ1v) is 6.73. The van der Waals surface area contributed by atoms with E-state index in [9.17, 15) is 4.79 Å². The summed E-state index contributed by atoms with van der Waals surface area (Å²) < 4.78 is 0. The van der Waals surface area contributed by atoms with Crippen molar-refractivity contribution in [3.8, 4) is 6.07 Å². The van der Waals surface area contributed by atoms with Gasteiger partial charge in [-0.3, -0.25) is 4.79 Å². The Morgan fingerprint density at radius 3 is 2.57 bits per heavy atom. The number of hydrogen-bond donors (Lipinski definition) is 2. The van der Waals surface area contributed by atoms with E-state index in [0.717, 1.165) is 16.8 Å². The summed E-state index contributed by atoms with van der Waals surface area (Å²) in [6.07, 6.45) is 1.04. The number of nitrogens with one attached hydrogen (secondary N) is 1. The quantitative estimate of drug-likeness (QED) is 0.844. The molecule has 0 heterocycles. The van der Waals surface area contributed by atoms with Crippen LogP contribution in [0, 0.1) is 18.3 Å². The molecule has 1 amide bonds. The molecule has 21 heavy (non-hydrogen) atoms. The molecule has 0 unspecified atom stereocenters. The third-order valence-corrected chi connectivity index (χ3v) is 3.28. The van der Waals surface area contributed by atoms with E-state index >= 15 is 0 Å². The van der Waals surface area contributed by atoms with Gasteiger partial charge >= 0.3 is 0 Å². The van der Waals surface area contributed by atoms with Crippen LogP contribution in [0.1, 0.15) is 23.1 Å². The molecule has 4 heteroatoms. The van der Waals surface area contributed by atoms with Crippen LogP contribution < -0.4 is 11.1 Å². The summed E-state index contributed by atoms with van der Waals surface area (Å²) in [5, 5.41) is 11.5. The highest BCUT2D eigenvalue weighted by molar-refractivity contribution is 5.90. The largest absolute Gasteiger partial charge is 0.399 e. The Bertz CT molecular complexity index is 684. The molecule has 0 aliphatic rings. The number of amides is 1. The number of nitrogens with two attached hydrogens (primary N) is 1. The lowest BCUT2D eigenvalue weighted by Crippen LogP contribution is -2.12. The fourth-order valence-corrected chi connectivity index (χ4v) is 1.95. The first-order chi connectivity index (χ1) is 10.1. The summed E-state index contributed by atoms with van der Waals surface area (Å²) >= 11 is 0. The van der Waals surface area contributed by atoms with E-state index in [-0.39, 0.29) is 5.91 Å². The smallest absolute Gasteiger partial charge is 0.224 e. The van der Waals surface area contributed by atoms with Crippen LogP contribution in [0.2, 0.25) is 0 Å². The van der Waals surface area contributed by atoms with E-state index in [1.807, 2.05) is 31.2 Å². The Hall–Kier alpha value is -2.80. The van der Waals surface area contributed by atoms with Crippen LogP contribution in [-0.2, 0) is 11.2 Å². The zero-order valence-electron chi connectivity index (χ0n) is 11.9. The second kappa shape index (κ2) is 6.58. The van der Waals surface area contributed by atoms with Crippen LogP contribution >= 0.6 is 0 Å². The van der Waals surface area contributed by atoms with Crippen molar-refractivity contribution in [3.05, 3.63) is 59.2 Å². The minimum Gasteiger partial charge on any atom is -0.399 e. The highest BCUT2D eigenvalue weighted by Crippen LogP contribution is 2.15. The van der Waals surface area contributed by atoms with Crippen LogP contribution in [0.25, 0.3) is 0 Å². The van der Waals surface area contributed by atoms with Gasteiger partial charge in [0.25, 0.3) is 0 Å². The average Bonchev–Trinajstić information content (AvgIpc) is 2.49. The molecule has 0 aliphatic carbocycles. The molecule has 2 aromatic carbocycles. The molecule has 2 aromatic rings. The van der Waals surface area contributed by atoms with Crippen molar-refractivity contribution in [1.29, 1.82) is 5.26 Å². The van der Waals surface area contributed by atoms with Crippen LogP contribution in [0.4, 0.5) is 11.4 Å². The lowest BCUT2D eigenvalue weighted by molar-refractivity contribution is -0.116. The number of hydrogen-bond acceptors (Lipinski definition) is 3. The molecule has 0 spiro atoms. The van der Waals surface area contributed by atoms with Gasteiger partial charge in [0.2, 0.25) is 5.91 Å². The molecule has 106 valence electrons. The molecule has 0 saturated heterocycles. The van der Waals surface area contributed by atoms with E-state index < -0.39 is 0 Å². The van der Waals surface area contributed by atoms with Crippen LogP contribution in [0.15, 0.2) is 42.5 Å². The Morgan fingerprint density at radius 1 is 1.24 bits per heavy atom. The third-order valence-electron chi connectivity index (χ3n) is 3.28.